The SMILES string of the molecule is CNCCN1CCC(c2cc(C)c3nc(-c4cccn4C)[nH]c3c2)CC1. The summed E-state index contributed by atoms with van der Waals surface area (Å²) in [7, 11) is 4.08. The van der Waals surface area contributed by atoms with Crippen molar-refractivity contribution in [1.82, 2.24) is 24.8 Å². The van der Waals surface area contributed by atoms with E-state index in [-0.39, 0.29) is 0 Å². The summed E-state index contributed by atoms with van der Waals surface area (Å²) in [5.74, 6) is 1.61. The summed E-state index contributed by atoms with van der Waals surface area (Å²) in [5, 5.41) is 3.25. The van der Waals surface area contributed by atoms with Crippen LogP contribution in [0.3, 0.4) is 0 Å². The van der Waals surface area contributed by atoms with E-state index in [1.54, 1.807) is 0 Å². The number of rotatable bonds is 5. The van der Waals surface area contributed by atoms with Crippen molar-refractivity contribution in [3.63, 3.8) is 0 Å². The van der Waals surface area contributed by atoms with Gasteiger partial charge in [0.1, 0.15) is 0 Å². The topological polar surface area (TPSA) is 48.9 Å². The van der Waals surface area contributed by atoms with Crippen LogP contribution >= 0.6 is 0 Å². The van der Waals surface area contributed by atoms with Gasteiger partial charge in [-0.3, -0.25) is 0 Å². The first kappa shape index (κ1) is 17.3. The van der Waals surface area contributed by atoms with Gasteiger partial charge in [0.2, 0.25) is 0 Å². The third kappa shape index (κ3) is 3.29. The van der Waals surface area contributed by atoms with E-state index >= 15 is 0 Å². The highest BCUT2D eigenvalue weighted by Crippen LogP contribution is 2.32. The lowest BCUT2D eigenvalue weighted by molar-refractivity contribution is 0.214. The molecule has 0 saturated carbocycles. The minimum Gasteiger partial charge on any atom is -0.348 e. The first-order chi connectivity index (χ1) is 12.7. The second kappa shape index (κ2) is 7.25. The van der Waals surface area contributed by atoms with Crippen molar-refractivity contribution in [2.75, 3.05) is 33.2 Å². The molecule has 1 aromatic carbocycles. The molecular formula is C21H29N5. The average molecular weight is 351 g/mol. The van der Waals surface area contributed by atoms with Gasteiger partial charge in [0.25, 0.3) is 0 Å². The summed E-state index contributed by atoms with van der Waals surface area (Å²) in [5.41, 5.74) is 6.11. The number of H-pyrrole nitrogens is 1. The zero-order valence-electron chi connectivity index (χ0n) is 16.0. The summed E-state index contributed by atoms with van der Waals surface area (Å²) in [6.07, 6.45) is 4.55. The molecule has 2 N–H and O–H groups in total. The summed E-state index contributed by atoms with van der Waals surface area (Å²) in [6.45, 7) is 6.80. The highest BCUT2D eigenvalue weighted by molar-refractivity contribution is 5.82. The third-order valence-corrected chi connectivity index (χ3v) is 5.72. The Bertz CT molecular complexity index is 883. The van der Waals surface area contributed by atoms with E-state index in [1.165, 1.54) is 37.1 Å². The van der Waals surface area contributed by atoms with Crippen molar-refractivity contribution in [3.05, 3.63) is 41.6 Å². The number of aromatic amines is 1. The van der Waals surface area contributed by atoms with E-state index in [9.17, 15) is 0 Å². The molecular weight excluding hydrogens is 322 g/mol. The molecule has 1 aliphatic rings. The molecule has 3 aromatic rings. The van der Waals surface area contributed by atoms with Crippen LogP contribution in [-0.2, 0) is 7.05 Å². The fourth-order valence-corrected chi connectivity index (χ4v) is 4.14. The molecule has 138 valence electrons. The number of nitrogens with zero attached hydrogens (tertiary/aromatic N) is 3. The molecule has 1 aliphatic heterocycles. The summed E-state index contributed by atoms with van der Waals surface area (Å²) < 4.78 is 2.11. The van der Waals surface area contributed by atoms with Crippen LogP contribution in [0.1, 0.15) is 29.9 Å². The molecule has 0 aliphatic carbocycles. The van der Waals surface area contributed by atoms with Gasteiger partial charge in [-0.15, -0.1) is 0 Å². The van der Waals surface area contributed by atoms with Gasteiger partial charge in [0, 0.05) is 26.3 Å². The van der Waals surface area contributed by atoms with Crippen LogP contribution in [0, 0.1) is 6.92 Å². The molecule has 26 heavy (non-hydrogen) atoms. The van der Waals surface area contributed by atoms with Crippen LogP contribution in [0.25, 0.3) is 22.6 Å². The summed E-state index contributed by atoms with van der Waals surface area (Å²) >= 11 is 0. The standard InChI is InChI=1S/C21H29N5/c1-15-13-17(16-6-10-26(11-7-16)12-8-22-2)14-18-20(15)24-21(23-18)19-5-4-9-25(19)3/h4-5,9,13-14,16,22H,6-8,10-12H2,1-3H3,(H,23,24). The van der Waals surface area contributed by atoms with Gasteiger partial charge in [-0.1, -0.05) is 6.07 Å². The molecule has 5 heteroatoms. The highest BCUT2D eigenvalue weighted by atomic mass is 15.1. The Kier molecular flexibility index (Phi) is 4.83. The largest absolute Gasteiger partial charge is 0.348 e. The number of likely N-dealkylation sites (N-methyl/N-ethyl adjacent to an activating group) is 1. The molecule has 5 nitrogen and oxygen atoms in total. The molecule has 0 bridgehead atoms. The van der Waals surface area contributed by atoms with Gasteiger partial charge in [0.15, 0.2) is 5.82 Å². The van der Waals surface area contributed by atoms with E-state index in [0.717, 1.165) is 35.6 Å². The second-order valence-electron chi connectivity index (χ2n) is 7.54. The number of piperidine rings is 1. The molecule has 0 atom stereocenters. The fourth-order valence-electron chi connectivity index (χ4n) is 4.14. The predicted octanol–water partition coefficient (Wildman–Crippen LogP) is 3.28. The van der Waals surface area contributed by atoms with Gasteiger partial charge in [0.05, 0.1) is 16.7 Å². The Morgan fingerprint density at radius 1 is 1.27 bits per heavy atom. The molecule has 0 unspecified atom stereocenters. The number of benzene rings is 1. The number of hydrogen-bond acceptors (Lipinski definition) is 3. The zero-order valence-corrected chi connectivity index (χ0v) is 16.0. The molecule has 0 spiro atoms. The Labute approximate surface area is 155 Å². The Balaban J connectivity index is 1.57. The van der Waals surface area contributed by atoms with Crippen LogP contribution in [0.2, 0.25) is 0 Å². The van der Waals surface area contributed by atoms with Gasteiger partial charge in [-0.05, 0) is 75.1 Å². The minimum atomic E-state index is 0.658. The number of aryl methyl sites for hydroxylation is 2. The lowest BCUT2D eigenvalue weighted by atomic mass is 9.88. The molecule has 2 aromatic heterocycles. The number of likely N-dealkylation sites (tertiary alicyclic amines) is 1. The number of aromatic nitrogens is 3. The quantitative estimate of drug-likeness (QED) is 0.742. The fraction of sp³-hybridized carbons (Fsp3) is 0.476. The summed E-state index contributed by atoms with van der Waals surface area (Å²) in [6, 6.07) is 8.85. The van der Waals surface area contributed by atoms with Crippen molar-refractivity contribution in [3.8, 4) is 11.5 Å². The maximum Gasteiger partial charge on any atom is 0.155 e. The van der Waals surface area contributed by atoms with E-state index in [1.807, 2.05) is 7.05 Å². The number of fused-ring (bicyclic) bond motifs is 1. The smallest absolute Gasteiger partial charge is 0.155 e. The predicted molar refractivity (Wildman–Crippen MR) is 108 cm³/mol. The molecule has 4 rings (SSSR count). The van der Waals surface area contributed by atoms with Crippen molar-refractivity contribution in [1.29, 1.82) is 0 Å². The first-order valence-electron chi connectivity index (χ1n) is 9.64. The van der Waals surface area contributed by atoms with Crippen LogP contribution in [0.15, 0.2) is 30.5 Å². The van der Waals surface area contributed by atoms with Crippen LogP contribution in [0.5, 0.6) is 0 Å². The van der Waals surface area contributed by atoms with Gasteiger partial charge in [-0.2, -0.15) is 0 Å². The highest BCUT2D eigenvalue weighted by Gasteiger charge is 2.21. The number of nitrogens with one attached hydrogen (secondary N) is 2. The minimum absolute atomic E-state index is 0.658. The Morgan fingerprint density at radius 2 is 2.08 bits per heavy atom. The first-order valence-corrected chi connectivity index (χ1v) is 9.64. The summed E-state index contributed by atoms with van der Waals surface area (Å²) in [4.78, 5) is 11.0. The average Bonchev–Trinajstić information content (AvgIpc) is 3.26. The normalized spacial score (nSPS) is 16.6. The van der Waals surface area contributed by atoms with E-state index in [0.29, 0.717) is 5.92 Å². The van der Waals surface area contributed by atoms with Gasteiger partial charge >= 0.3 is 0 Å². The second-order valence-corrected chi connectivity index (χ2v) is 7.54. The van der Waals surface area contributed by atoms with E-state index in [2.05, 4.69) is 64.2 Å². The number of imidazole rings is 1. The Hall–Kier alpha value is -2.11. The molecule has 0 radical (unpaired) electrons. The lowest BCUT2D eigenvalue weighted by Crippen LogP contribution is -2.37. The van der Waals surface area contributed by atoms with E-state index < -0.39 is 0 Å². The van der Waals surface area contributed by atoms with Crippen molar-refractivity contribution in [2.24, 2.45) is 7.05 Å². The maximum absolute atomic E-state index is 4.86. The van der Waals surface area contributed by atoms with Crippen molar-refractivity contribution < 1.29 is 0 Å². The third-order valence-electron chi connectivity index (χ3n) is 5.72. The van der Waals surface area contributed by atoms with Crippen molar-refractivity contribution >= 4 is 11.0 Å². The molecule has 1 saturated heterocycles. The molecule has 1 fully saturated rings. The molecule has 0 amide bonds. The van der Waals surface area contributed by atoms with Crippen LogP contribution < -0.4 is 5.32 Å². The molecule has 3 heterocycles. The van der Waals surface area contributed by atoms with Crippen LogP contribution in [-0.4, -0.2) is 52.7 Å². The zero-order chi connectivity index (χ0) is 18.1. The maximum atomic E-state index is 4.86. The monoisotopic (exact) mass is 351 g/mol. The van der Waals surface area contributed by atoms with Crippen molar-refractivity contribution in [2.45, 2.75) is 25.7 Å². The van der Waals surface area contributed by atoms with E-state index in [4.69, 9.17) is 4.98 Å². The Morgan fingerprint density at radius 3 is 2.77 bits per heavy atom. The van der Waals surface area contributed by atoms with Gasteiger partial charge in [-0.25, -0.2) is 4.98 Å². The van der Waals surface area contributed by atoms with Crippen LogP contribution in [0.4, 0.5) is 0 Å². The lowest BCUT2D eigenvalue weighted by Gasteiger charge is -2.32. The van der Waals surface area contributed by atoms with Gasteiger partial charge < -0.3 is 19.8 Å². The number of hydrogen-bond donors (Lipinski definition) is 2.